The van der Waals surface area contributed by atoms with Crippen LogP contribution in [0.1, 0.15) is 25.5 Å². The summed E-state index contributed by atoms with van der Waals surface area (Å²) >= 11 is 0. The fraction of sp³-hybridized carbons (Fsp3) is 0.471. The van der Waals surface area contributed by atoms with Crippen LogP contribution in [0.15, 0.2) is 30.6 Å². The van der Waals surface area contributed by atoms with Crippen LogP contribution < -0.4 is 10.6 Å². The largest absolute Gasteiger partial charge is 0.356 e. The van der Waals surface area contributed by atoms with Gasteiger partial charge in [0.2, 0.25) is 5.91 Å². The molecule has 1 atom stereocenters. The SMILES string of the molecule is CC(=O)NCC1CCCN(C(=O)NCc2cn3ccccc3n2)C1. The summed E-state index contributed by atoms with van der Waals surface area (Å²) in [7, 11) is 0. The van der Waals surface area contributed by atoms with Crippen molar-refractivity contribution in [1.29, 1.82) is 0 Å². The standard InChI is InChI=1S/C17H23N5O2/c1-13(23)18-9-14-5-4-8-22(11-14)17(24)19-10-15-12-21-7-3-2-6-16(21)20-15/h2-3,6-7,12,14H,4-5,8-11H2,1H3,(H,18,23)(H,19,24). The fourth-order valence-electron chi connectivity index (χ4n) is 3.05. The van der Waals surface area contributed by atoms with E-state index in [9.17, 15) is 9.59 Å². The molecule has 1 fully saturated rings. The van der Waals surface area contributed by atoms with Gasteiger partial charge in [0.15, 0.2) is 0 Å². The Morgan fingerprint density at radius 3 is 3.00 bits per heavy atom. The highest BCUT2D eigenvalue weighted by molar-refractivity contribution is 5.74. The Morgan fingerprint density at radius 1 is 1.33 bits per heavy atom. The highest BCUT2D eigenvalue weighted by Crippen LogP contribution is 2.16. The molecule has 1 aliphatic heterocycles. The number of fused-ring (bicyclic) bond motifs is 1. The summed E-state index contributed by atoms with van der Waals surface area (Å²) < 4.78 is 1.94. The third-order valence-electron chi connectivity index (χ3n) is 4.28. The average Bonchev–Trinajstić information content (AvgIpc) is 3.01. The van der Waals surface area contributed by atoms with Gasteiger partial charge in [0.25, 0.3) is 0 Å². The number of likely N-dealkylation sites (tertiary alicyclic amines) is 1. The maximum atomic E-state index is 12.4. The Morgan fingerprint density at radius 2 is 2.21 bits per heavy atom. The third kappa shape index (κ3) is 4.04. The lowest BCUT2D eigenvalue weighted by Gasteiger charge is -2.32. The van der Waals surface area contributed by atoms with Crippen LogP contribution in [0.3, 0.4) is 0 Å². The number of carbonyl (C=O) groups excluding carboxylic acids is 2. The van der Waals surface area contributed by atoms with Gasteiger partial charge in [-0.25, -0.2) is 9.78 Å². The molecule has 3 rings (SSSR count). The minimum atomic E-state index is -0.0698. The molecule has 1 saturated heterocycles. The molecule has 2 aromatic heterocycles. The maximum absolute atomic E-state index is 12.4. The van der Waals surface area contributed by atoms with Crippen LogP contribution >= 0.6 is 0 Å². The van der Waals surface area contributed by atoms with Gasteiger partial charge in [-0.1, -0.05) is 6.07 Å². The zero-order valence-corrected chi connectivity index (χ0v) is 13.9. The van der Waals surface area contributed by atoms with Crippen LogP contribution in [0.25, 0.3) is 5.65 Å². The molecule has 7 heteroatoms. The molecular formula is C17H23N5O2. The number of nitrogens with one attached hydrogen (secondary N) is 2. The number of hydrogen-bond acceptors (Lipinski definition) is 3. The number of nitrogens with zero attached hydrogens (tertiary/aromatic N) is 3. The first-order chi connectivity index (χ1) is 11.6. The fourth-order valence-corrected chi connectivity index (χ4v) is 3.05. The molecular weight excluding hydrogens is 306 g/mol. The van der Waals surface area contributed by atoms with Gasteiger partial charge in [-0.15, -0.1) is 0 Å². The summed E-state index contributed by atoms with van der Waals surface area (Å²) in [6.07, 6.45) is 5.86. The number of imidazole rings is 1. The zero-order valence-electron chi connectivity index (χ0n) is 13.9. The van der Waals surface area contributed by atoms with Gasteiger partial charge < -0.3 is 19.9 Å². The molecule has 3 amide bonds. The molecule has 0 bridgehead atoms. The van der Waals surface area contributed by atoms with Crippen molar-refractivity contribution in [1.82, 2.24) is 24.9 Å². The van der Waals surface area contributed by atoms with E-state index in [2.05, 4.69) is 15.6 Å². The molecule has 0 radical (unpaired) electrons. The number of hydrogen-bond donors (Lipinski definition) is 2. The highest BCUT2D eigenvalue weighted by Gasteiger charge is 2.23. The number of urea groups is 1. The van der Waals surface area contributed by atoms with Gasteiger partial charge in [0, 0.05) is 39.0 Å². The Hall–Kier alpha value is -2.57. The summed E-state index contributed by atoms with van der Waals surface area (Å²) in [5.74, 6) is 0.298. The summed E-state index contributed by atoms with van der Waals surface area (Å²) in [6.45, 7) is 3.99. The van der Waals surface area contributed by atoms with Crippen molar-refractivity contribution in [2.75, 3.05) is 19.6 Å². The van der Waals surface area contributed by atoms with Crippen LogP contribution in [0.5, 0.6) is 0 Å². The van der Waals surface area contributed by atoms with Gasteiger partial charge in [-0.05, 0) is 30.9 Å². The molecule has 24 heavy (non-hydrogen) atoms. The second-order valence-corrected chi connectivity index (χ2v) is 6.25. The van der Waals surface area contributed by atoms with Crippen LogP contribution in [0, 0.1) is 5.92 Å². The predicted molar refractivity (Wildman–Crippen MR) is 90.4 cm³/mol. The van der Waals surface area contributed by atoms with E-state index in [1.165, 1.54) is 6.92 Å². The van der Waals surface area contributed by atoms with Crippen LogP contribution in [-0.2, 0) is 11.3 Å². The maximum Gasteiger partial charge on any atom is 0.317 e. The van der Waals surface area contributed by atoms with Gasteiger partial charge in [-0.3, -0.25) is 4.79 Å². The molecule has 1 aliphatic rings. The molecule has 0 spiro atoms. The first-order valence-corrected chi connectivity index (χ1v) is 8.31. The molecule has 3 heterocycles. The number of pyridine rings is 1. The molecule has 2 aromatic rings. The average molecular weight is 329 g/mol. The molecule has 0 saturated carbocycles. The third-order valence-corrected chi connectivity index (χ3v) is 4.28. The number of piperidine rings is 1. The van der Waals surface area contributed by atoms with E-state index < -0.39 is 0 Å². The van der Waals surface area contributed by atoms with Crippen molar-refractivity contribution < 1.29 is 9.59 Å². The van der Waals surface area contributed by atoms with Gasteiger partial charge in [-0.2, -0.15) is 0 Å². The van der Waals surface area contributed by atoms with E-state index in [0.29, 0.717) is 25.6 Å². The lowest BCUT2D eigenvalue weighted by Crippen LogP contribution is -2.47. The molecule has 2 N–H and O–H groups in total. The number of aromatic nitrogens is 2. The van der Waals surface area contributed by atoms with Crippen molar-refractivity contribution >= 4 is 17.6 Å². The molecule has 1 unspecified atom stereocenters. The Bertz CT molecular complexity index is 694. The van der Waals surface area contributed by atoms with E-state index in [1.54, 1.807) is 0 Å². The van der Waals surface area contributed by atoms with Crippen molar-refractivity contribution in [3.05, 3.63) is 36.3 Å². The first kappa shape index (κ1) is 16.3. The van der Waals surface area contributed by atoms with Crippen molar-refractivity contribution in [3.8, 4) is 0 Å². The van der Waals surface area contributed by atoms with Gasteiger partial charge in [0.1, 0.15) is 5.65 Å². The van der Waals surface area contributed by atoms with Gasteiger partial charge in [0.05, 0.1) is 12.2 Å². The van der Waals surface area contributed by atoms with E-state index in [0.717, 1.165) is 30.7 Å². The molecule has 128 valence electrons. The van der Waals surface area contributed by atoms with Gasteiger partial charge >= 0.3 is 6.03 Å². The Labute approximate surface area is 141 Å². The normalized spacial score (nSPS) is 17.7. The van der Waals surface area contributed by atoms with Crippen molar-refractivity contribution in [3.63, 3.8) is 0 Å². The molecule has 0 aromatic carbocycles. The topological polar surface area (TPSA) is 78.7 Å². The number of amides is 3. The smallest absolute Gasteiger partial charge is 0.317 e. The number of carbonyl (C=O) groups is 2. The first-order valence-electron chi connectivity index (χ1n) is 8.31. The van der Waals surface area contributed by atoms with E-state index in [1.807, 2.05) is 39.9 Å². The minimum Gasteiger partial charge on any atom is -0.356 e. The minimum absolute atomic E-state index is 0.0246. The monoisotopic (exact) mass is 329 g/mol. The van der Waals surface area contributed by atoms with Crippen LogP contribution in [0.4, 0.5) is 4.79 Å². The van der Waals surface area contributed by atoms with Crippen molar-refractivity contribution in [2.45, 2.75) is 26.3 Å². The predicted octanol–water partition coefficient (Wildman–Crippen LogP) is 1.39. The number of rotatable bonds is 4. The summed E-state index contributed by atoms with van der Waals surface area (Å²) in [4.78, 5) is 29.7. The van der Waals surface area contributed by atoms with Crippen LogP contribution in [-0.4, -0.2) is 45.9 Å². The second kappa shape index (κ2) is 7.33. The Kier molecular flexibility index (Phi) is 4.98. The summed E-state index contributed by atoms with van der Waals surface area (Å²) in [6, 6.07) is 5.75. The van der Waals surface area contributed by atoms with Crippen LogP contribution in [0.2, 0.25) is 0 Å². The quantitative estimate of drug-likeness (QED) is 0.890. The lowest BCUT2D eigenvalue weighted by atomic mass is 9.98. The zero-order chi connectivity index (χ0) is 16.9. The highest BCUT2D eigenvalue weighted by atomic mass is 16.2. The van der Waals surface area contributed by atoms with E-state index >= 15 is 0 Å². The molecule has 7 nitrogen and oxygen atoms in total. The van der Waals surface area contributed by atoms with E-state index in [-0.39, 0.29) is 11.9 Å². The van der Waals surface area contributed by atoms with Crippen molar-refractivity contribution in [2.24, 2.45) is 5.92 Å². The van der Waals surface area contributed by atoms with E-state index in [4.69, 9.17) is 0 Å². The Balaban J connectivity index is 1.51. The molecule has 0 aliphatic carbocycles. The summed E-state index contributed by atoms with van der Waals surface area (Å²) in [5.41, 5.74) is 1.71. The summed E-state index contributed by atoms with van der Waals surface area (Å²) in [5, 5.41) is 5.78. The second-order valence-electron chi connectivity index (χ2n) is 6.25. The lowest BCUT2D eigenvalue weighted by molar-refractivity contribution is -0.119.